The topological polar surface area (TPSA) is 125 Å². The minimum atomic E-state index is -0.705. The van der Waals surface area contributed by atoms with E-state index in [1.54, 1.807) is 23.1 Å². The number of nitrogens with one attached hydrogen (secondary N) is 1. The second-order valence-corrected chi connectivity index (χ2v) is 10.7. The number of aromatic nitrogens is 2. The highest BCUT2D eigenvalue weighted by atomic mass is 32.2. The standard InChI is InChI=1S/C26H20F2N6O2S2/c27-15-10-8-14(9-11-15)22-16(12-29)24(30)34(19-6-3-7-20(35)23(19)22)25-32-33-26(38-25)37-13-21(36)31-18-5-2-1-4-17(18)28/h1-2,4-5,8-11,22H,3,6-7,13,30H2,(H,31,36). The van der Waals surface area contributed by atoms with Gasteiger partial charge in [-0.1, -0.05) is 47.4 Å². The molecule has 0 radical (unpaired) electrons. The van der Waals surface area contributed by atoms with Crippen LogP contribution in [-0.2, 0) is 9.59 Å². The molecule has 1 aromatic heterocycles. The minimum absolute atomic E-state index is 0.0309. The zero-order valence-corrected chi connectivity index (χ0v) is 21.4. The van der Waals surface area contributed by atoms with Crippen LogP contribution in [0, 0.1) is 23.0 Å². The minimum Gasteiger partial charge on any atom is -0.384 e. The van der Waals surface area contributed by atoms with Crippen molar-refractivity contribution in [3.05, 3.63) is 88.4 Å². The van der Waals surface area contributed by atoms with Crippen molar-refractivity contribution in [1.29, 1.82) is 5.26 Å². The van der Waals surface area contributed by atoms with Gasteiger partial charge >= 0.3 is 0 Å². The van der Waals surface area contributed by atoms with Gasteiger partial charge in [0.1, 0.15) is 17.5 Å². The first-order valence-corrected chi connectivity index (χ1v) is 13.4. The smallest absolute Gasteiger partial charge is 0.234 e. The van der Waals surface area contributed by atoms with Crippen molar-refractivity contribution in [3.8, 4) is 6.07 Å². The molecule has 1 amide bonds. The number of carbonyl (C=O) groups is 2. The van der Waals surface area contributed by atoms with Crippen molar-refractivity contribution in [2.75, 3.05) is 16.0 Å². The van der Waals surface area contributed by atoms with E-state index < -0.39 is 23.5 Å². The summed E-state index contributed by atoms with van der Waals surface area (Å²) < 4.78 is 27.9. The molecule has 1 atom stereocenters. The Morgan fingerprint density at radius 3 is 2.68 bits per heavy atom. The van der Waals surface area contributed by atoms with Crippen LogP contribution in [0.5, 0.6) is 0 Å². The fourth-order valence-corrected chi connectivity index (χ4v) is 6.20. The van der Waals surface area contributed by atoms with E-state index in [9.17, 15) is 23.6 Å². The Morgan fingerprint density at radius 1 is 1.18 bits per heavy atom. The molecule has 1 unspecified atom stereocenters. The quantitative estimate of drug-likeness (QED) is 0.417. The number of thioether (sulfide) groups is 1. The van der Waals surface area contributed by atoms with Crippen LogP contribution >= 0.6 is 23.1 Å². The number of amides is 1. The Bertz CT molecular complexity index is 1530. The normalized spacial score (nSPS) is 17.3. The summed E-state index contributed by atoms with van der Waals surface area (Å²) in [6.07, 6.45) is 1.47. The number of benzene rings is 2. The molecule has 3 aromatic rings. The third-order valence-corrected chi connectivity index (χ3v) is 8.22. The summed E-state index contributed by atoms with van der Waals surface area (Å²) in [6, 6.07) is 13.7. The molecule has 2 aromatic carbocycles. The number of Topliss-reactive ketones (excluding diaryl/α,β-unsaturated/α-hetero) is 1. The molecule has 192 valence electrons. The molecule has 1 aliphatic heterocycles. The average Bonchev–Trinajstić information content (AvgIpc) is 3.37. The van der Waals surface area contributed by atoms with E-state index in [4.69, 9.17) is 5.73 Å². The SMILES string of the molecule is N#CC1=C(N)N(c2nnc(SCC(=O)Nc3ccccc3F)s2)C2=C(C(=O)CCC2)C1c1ccc(F)cc1. The average molecular weight is 551 g/mol. The number of carbonyl (C=O) groups excluding carboxylic acids is 2. The zero-order valence-electron chi connectivity index (χ0n) is 19.8. The molecule has 0 spiro atoms. The maximum Gasteiger partial charge on any atom is 0.234 e. The summed E-state index contributed by atoms with van der Waals surface area (Å²) in [5, 5.41) is 21.3. The molecule has 12 heteroatoms. The lowest BCUT2D eigenvalue weighted by molar-refractivity contribution is -0.116. The van der Waals surface area contributed by atoms with Crippen molar-refractivity contribution in [3.63, 3.8) is 0 Å². The lowest BCUT2D eigenvalue weighted by Gasteiger charge is -2.38. The summed E-state index contributed by atoms with van der Waals surface area (Å²) in [4.78, 5) is 27.0. The monoisotopic (exact) mass is 550 g/mol. The predicted molar refractivity (Wildman–Crippen MR) is 140 cm³/mol. The molecule has 2 aliphatic rings. The molecular weight excluding hydrogens is 530 g/mol. The first-order chi connectivity index (χ1) is 18.4. The third-order valence-electron chi connectivity index (χ3n) is 6.18. The van der Waals surface area contributed by atoms with Gasteiger partial charge in [0, 0.05) is 17.7 Å². The fourth-order valence-electron chi connectivity index (χ4n) is 4.52. The van der Waals surface area contributed by atoms with Crippen LogP contribution in [0.3, 0.4) is 0 Å². The molecule has 8 nitrogen and oxygen atoms in total. The van der Waals surface area contributed by atoms with Crippen molar-refractivity contribution >= 4 is 45.6 Å². The second-order valence-electron chi connectivity index (χ2n) is 8.54. The van der Waals surface area contributed by atoms with Crippen molar-refractivity contribution in [2.24, 2.45) is 5.73 Å². The molecule has 38 heavy (non-hydrogen) atoms. The molecule has 0 saturated carbocycles. The Hall–Kier alpha value is -4.08. The maximum atomic E-state index is 13.8. The number of halogens is 2. The van der Waals surface area contributed by atoms with Crippen LogP contribution in [0.25, 0.3) is 0 Å². The summed E-state index contributed by atoms with van der Waals surface area (Å²) in [6.45, 7) is 0. The van der Waals surface area contributed by atoms with E-state index in [0.29, 0.717) is 45.6 Å². The zero-order chi connectivity index (χ0) is 26.8. The van der Waals surface area contributed by atoms with Gasteiger partial charge in [0.2, 0.25) is 11.0 Å². The number of hydrogen-bond acceptors (Lipinski definition) is 9. The van der Waals surface area contributed by atoms with Gasteiger partial charge in [-0.05, 0) is 42.7 Å². The maximum absolute atomic E-state index is 13.8. The summed E-state index contributed by atoms with van der Waals surface area (Å²) in [5.41, 5.74) is 8.44. The number of nitrogens with two attached hydrogens (primary N) is 1. The first kappa shape index (κ1) is 25.6. The number of anilines is 2. The van der Waals surface area contributed by atoms with E-state index in [2.05, 4.69) is 21.6 Å². The molecule has 1 aliphatic carbocycles. The van der Waals surface area contributed by atoms with Gasteiger partial charge in [-0.3, -0.25) is 14.5 Å². The van der Waals surface area contributed by atoms with E-state index in [-0.39, 0.29) is 28.6 Å². The highest BCUT2D eigenvalue weighted by Gasteiger charge is 2.41. The Balaban J connectivity index is 1.42. The number of rotatable bonds is 6. The molecule has 2 heterocycles. The molecule has 0 bridgehead atoms. The number of nitrogens with zero attached hydrogens (tertiary/aromatic N) is 4. The predicted octanol–water partition coefficient (Wildman–Crippen LogP) is 4.85. The lowest BCUT2D eigenvalue weighted by Crippen LogP contribution is -2.38. The van der Waals surface area contributed by atoms with Crippen LogP contribution in [0.2, 0.25) is 0 Å². The van der Waals surface area contributed by atoms with Crippen molar-refractivity contribution < 1.29 is 18.4 Å². The Labute approximate surface area is 224 Å². The van der Waals surface area contributed by atoms with E-state index in [1.165, 1.54) is 30.3 Å². The number of nitriles is 1. The van der Waals surface area contributed by atoms with Crippen LogP contribution in [-0.4, -0.2) is 27.6 Å². The van der Waals surface area contributed by atoms with Gasteiger partial charge in [-0.25, -0.2) is 8.78 Å². The number of para-hydroxylation sites is 1. The van der Waals surface area contributed by atoms with Gasteiger partial charge in [-0.2, -0.15) is 5.26 Å². The first-order valence-electron chi connectivity index (χ1n) is 11.6. The van der Waals surface area contributed by atoms with Crippen LogP contribution < -0.4 is 16.0 Å². The van der Waals surface area contributed by atoms with Gasteiger partial charge in [0.15, 0.2) is 10.1 Å². The molecule has 0 saturated heterocycles. The van der Waals surface area contributed by atoms with Crippen molar-refractivity contribution in [1.82, 2.24) is 10.2 Å². The number of hydrogen-bond donors (Lipinski definition) is 2. The second kappa shape index (κ2) is 10.7. The highest BCUT2D eigenvalue weighted by Crippen LogP contribution is 2.47. The van der Waals surface area contributed by atoms with Crippen molar-refractivity contribution in [2.45, 2.75) is 29.5 Å². The largest absolute Gasteiger partial charge is 0.384 e. The van der Waals surface area contributed by atoms with Crippen LogP contribution in [0.1, 0.15) is 30.7 Å². The summed E-state index contributed by atoms with van der Waals surface area (Å²) >= 11 is 2.28. The third kappa shape index (κ3) is 4.90. The number of ketones is 1. The fraction of sp³-hybridized carbons (Fsp3) is 0.192. The molecule has 5 rings (SSSR count). The molecular formula is C26H20F2N6O2S2. The van der Waals surface area contributed by atoms with E-state index >= 15 is 0 Å². The van der Waals surface area contributed by atoms with Gasteiger partial charge in [-0.15, -0.1) is 10.2 Å². The van der Waals surface area contributed by atoms with E-state index in [0.717, 1.165) is 23.1 Å². The van der Waals surface area contributed by atoms with E-state index in [1.807, 2.05) is 0 Å². The highest BCUT2D eigenvalue weighted by molar-refractivity contribution is 8.01. The van der Waals surface area contributed by atoms with Gasteiger partial charge < -0.3 is 11.1 Å². The molecule has 3 N–H and O–H groups in total. The molecule has 0 fully saturated rings. The van der Waals surface area contributed by atoms with Crippen LogP contribution in [0.4, 0.5) is 19.6 Å². The van der Waals surface area contributed by atoms with Gasteiger partial charge in [0.25, 0.3) is 0 Å². The van der Waals surface area contributed by atoms with Crippen LogP contribution in [0.15, 0.2) is 75.5 Å². The Morgan fingerprint density at radius 2 is 1.95 bits per heavy atom. The Kier molecular flexibility index (Phi) is 7.22. The number of allylic oxidation sites excluding steroid dienone is 3. The summed E-state index contributed by atoms with van der Waals surface area (Å²) in [5.74, 6) is -2.08. The summed E-state index contributed by atoms with van der Waals surface area (Å²) in [7, 11) is 0. The lowest BCUT2D eigenvalue weighted by atomic mass is 9.76. The van der Waals surface area contributed by atoms with Gasteiger partial charge in [0.05, 0.1) is 29.0 Å².